The van der Waals surface area contributed by atoms with Gasteiger partial charge >= 0.3 is 6.03 Å². The number of ether oxygens (including phenoxy) is 1. The zero-order valence-corrected chi connectivity index (χ0v) is 20.1. The fraction of sp³-hybridized carbons (Fsp3) is 0.720. The van der Waals surface area contributed by atoms with Crippen LogP contribution in [0.5, 0.6) is 5.75 Å². The lowest BCUT2D eigenvalue weighted by Crippen LogP contribution is -2.46. The van der Waals surface area contributed by atoms with Crippen molar-refractivity contribution in [2.24, 2.45) is 0 Å². The first-order chi connectivity index (χ1) is 15.0. The third-order valence-corrected chi connectivity index (χ3v) is 6.82. The zero-order chi connectivity index (χ0) is 22.2. The number of hydrogen-bond acceptors (Lipinski definition) is 4. The van der Waals surface area contributed by atoms with E-state index in [-0.39, 0.29) is 6.03 Å². The van der Waals surface area contributed by atoms with Crippen LogP contribution >= 0.6 is 0 Å². The van der Waals surface area contributed by atoms with Gasteiger partial charge in [-0.2, -0.15) is 0 Å². The van der Waals surface area contributed by atoms with E-state index in [1.807, 2.05) is 29.2 Å². The monoisotopic (exact) mass is 430 g/mol. The fourth-order valence-corrected chi connectivity index (χ4v) is 4.85. The smallest absolute Gasteiger partial charge is 0.324 e. The van der Waals surface area contributed by atoms with Gasteiger partial charge in [0.05, 0.1) is 6.61 Å². The number of rotatable bonds is 11. The molecule has 3 rings (SSSR count). The minimum atomic E-state index is 0.169. The van der Waals surface area contributed by atoms with E-state index in [1.54, 1.807) is 0 Å². The molecule has 1 aliphatic carbocycles. The molecular weight excluding hydrogens is 388 g/mol. The van der Waals surface area contributed by atoms with Crippen LogP contribution in [0.4, 0.5) is 10.5 Å². The van der Waals surface area contributed by atoms with Gasteiger partial charge in [-0.15, -0.1) is 0 Å². The molecule has 0 atom stereocenters. The summed E-state index contributed by atoms with van der Waals surface area (Å²) in [4.78, 5) is 22.1. The molecule has 0 unspecified atom stereocenters. The van der Waals surface area contributed by atoms with E-state index in [2.05, 4.69) is 42.6 Å². The number of carbonyl (C=O) groups excluding carboxylic acids is 1. The Hall–Kier alpha value is -1.79. The Morgan fingerprint density at radius 2 is 1.71 bits per heavy atom. The number of anilines is 1. The molecule has 1 aromatic carbocycles. The number of nitrogens with zero attached hydrogens (tertiary/aromatic N) is 4. The summed E-state index contributed by atoms with van der Waals surface area (Å²) in [5, 5.41) is 0. The molecule has 1 saturated heterocycles. The third kappa shape index (κ3) is 6.36. The fourth-order valence-electron chi connectivity index (χ4n) is 4.85. The Morgan fingerprint density at radius 1 is 1.00 bits per heavy atom. The van der Waals surface area contributed by atoms with E-state index in [0.29, 0.717) is 12.1 Å². The van der Waals surface area contributed by atoms with Crippen LogP contribution in [0.1, 0.15) is 52.4 Å². The second-order valence-electron chi connectivity index (χ2n) is 9.22. The van der Waals surface area contributed by atoms with Crippen molar-refractivity contribution in [3.05, 3.63) is 24.3 Å². The number of carbonyl (C=O) groups is 1. The molecule has 0 spiro atoms. The summed E-state index contributed by atoms with van der Waals surface area (Å²) in [5.74, 6) is 0.883. The minimum absolute atomic E-state index is 0.169. The van der Waals surface area contributed by atoms with Gasteiger partial charge in [-0.1, -0.05) is 20.3 Å². The van der Waals surface area contributed by atoms with Gasteiger partial charge in [-0.3, -0.25) is 9.80 Å². The van der Waals surface area contributed by atoms with Crippen molar-refractivity contribution in [2.45, 2.75) is 64.5 Å². The van der Waals surface area contributed by atoms with Gasteiger partial charge in [-0.25, -0.2) is 4.79 Å². The van der Waals surface area contributed by atoms with Gasteiger partial charge in [-0.05, 0) is 77.0 Å². The number of urea groups is 1. The standard InChI is InChI=1S/C25H42N4O2/c1-5-7-20-31-24-14-12-23(13-15-24)29-19-18-28(25(29)30)22-10-8-21(9-11-22)27(6-2)17-16-26(3)4/h12-15,21-22H,5-11,16-20H2,1-4H3. The Bertz CT molecular complexity index is 671. The number of benzene rings is 1. The van der Waals surface area contributed by atoms with Crippen LogP contribution in [-0.2, 0) is 0 Å². The van der Waals surface area contributed by atoms with Gasteiger partial charge in [0.25, 0.3) is 0 Å². The molecule has 2 fully saturated rings. The molecule has 6 nitrogen and oxygen atoms in total. The van der Waals surface area contributed by atoms with E-state index in [1.165, 1.54) is 12.8 Å². The zero-order valence-electron chi connectivity index (χ0n) is 20.1. The average molecular weight is 431 g/mol. The summed E-state index contributed by atoms with van der Waals surface area (Å²) >= 11 is 0. The second-order valence-corrected chi connectivity index (χ2v) is 9.22. The summed E-state index contributed by atoms with van der Waals surface area (Å²) in [6, 6.07) is 9.22. The molecule has 31 heavy (non-hydrogen) atoms. The van der Waals surface area contributed by atoms with Crippen molar-refractivity contribution in [3.8, 4) is 5.75 Å². The lowest BCUT2D eigenvalue weighted by Gasteiger charge is -2.39. The molecule has 2 amide bonds. The van der Waals surface area contributed by atoms with E-state index in [0.717, 1.165) is 76.5 Å². The highest BCUT2D eigenvalue weighted by Gasteiger charge is 2.37. The quantitative estimate of drug-likeness (QED) is 0.491. The van der Waals surface area contributed by atoms with Crippen LogP contribution in [0.15, 0.2) is 24.3 Å². The molecule has 2 aliphatic rings. The van der Waals surface area contributed by atoms with Crippen molar-refractivity contribution >= 4 is 11.7 Å². The normalized spacial score (nSPS) is 22.1. The molecule has 0 bridgehead atoms. The van der Waals surface area contributed by atoms with E-state index >= 15 is 0 Å². The van der Waals surface area contributed by atoms with Crippen LogP contribution in [0, 0.1) is 0 Å². The molecule has 0 aromatic heterocycles. The Morgan fingerprint density at radius 3 is 2.32 bits per heavy atom. The highest BCUT2D eigenvalue weighted by Crippen LogP contribution is 2.31. The maximum absolute atomic E-state index is 13.2. The van der Waals surface area contributed by atoms with Crippen LogP contribution in [0.25, 0.3) is 0 Å². The van der Waals surface area contributed by atoms with Gasteiger partial charge in [0.15, 0.2) is 0 Å². The third-order valence-electron chi connectivity index (χ3n) is 6.82. The van der Waals surface area contributed by atoms with Crippen molar-refractivity contribution in [1.29, 1.82) is 0 Å². The van der Waals surface area contributed by atoms with Gasteiger partial charge in [0.2, 0.25) is 0 Å². The average Bonchev–Trinajstić information content (AvgIpc) is 3.16. The molecular formula is C25H42N4O2. The van der Waals surface area contributed by atoms with Crippen molar-refractivity contribution in [2.75, 3.05) is 58.3 Å². The van der Waals surface area contributed by atoms with Crippen LogP contribution in [0.3, 0.4) is 0 Å². The van der Waals surface area contributed by atoms with Crippen molar-refractivity contribution in [3.63, 3.8) is 0 Å². The summed E-state index contributed by atoms with van der Waals surface area (Å²) in [6.45, 7) is 10.1. The van der Waals surface area contributed by atoms with Crippen molar-refractivity contribution < 1.29 is 9.53 Å². The predicted molar refractivity (Wildman–Crippen MR) is 128 cm³/mol. The highest BCUT2D eigenvalue weighted by atomic mass is 16.5. The van der Waals surface area contributed by atoms with Gasteiger partial charge in [0.1, 0.15) is 5.75 Å². The van der Waals surface area contributed by atoms with Crippen LogP contribution in [-0.4, -0.2) is 86.2 Å². The number of likely N-dealkylation sites (N-methyl/N-ethyl adjacent to an activating group) is 2. The molecule has 1 saturated carbocycles. The summed E-state index contributed by atoms with van der Waals surface area (Å²) < 4.78 is 5.76. The maximum Gasteiger partial charge on any atom is 0.324 e. The topological polar surface area (TPSA) is 39.3 Å². The van der Waals surface area contributed by atoms with Crippen molar-refractivity contribution in [1.82, 2.24) is 14.7 Å². The van der Waals surface area contributed by atoms with Crippen LogP contribution < -0.4 is 9.64 Å². The van der Waals surface area contributed by atoms with E-state index in [4.69, 9.17) is 4.74 Å². The summed E-state index contributed by atoms with van der Waals surface area (Å²) in [7, 11) is 4.28. The highest BCUT2D eigenvalue weighted by molar-refractivity contribution is 5.94. The maximum atomic E-state index is 13.2. The Balaban J connectivity index is 1.50. The first-order valence-electron chi connectivity index (χ1n) is 12.2. The predicted octanol–water partition coefficient (Wildman–Crippen LogP) is 4.30. The molecule has 1 aliphatic heterocycles. The lowest BCUT2D eigenvalue weighted by molar-refractivity contribution is 0.113. The van der Waals surface area contributed by atoms with Crippen LogP contribution in [0.2, 0.25) is 0 Å². The molecule has 1 heterocycles. The molecule has 0 radical (unpaired) electrons. The first kappa shape index (κ1) is 23.9. The van der Waals surface area contributed by atoms with Gasteiger partial charge < -0.3 is 14.5 Å². The van der Waals surface area contributed by atoms with E-state index in [9.17, 15) is 4.79 Å². The molecule has 6 heteroatoms. The summed E-state index contributed by atoms with van der Waals surface area (Å²) in [6.07, 6.45) is 6.82. The number of unbranched alkanes of at least 4 members (excludes halogenated alkanes) is 1. The molecule has 174 valence electrons. The number of hydrogen-bond donors (Lipinski definition) is 0. The minimum Gasteiger partial charge on any atom is -0.494 e. The van der Waals surface area contributed by atoms with E-state index < -0.39 is 0 Å². The second kappa shape index (κ2) is 11.7. The Kier molecular flexibility index (Phi) is 9.02. The number of amides is 2. The molecule has 0 N–H and O–H groups in total. The molecule has 1 aromatic rings. The summed E-state index contributed by atoms with van der Waals surface area (Å²) in [5.41, 5.74) is 0.977. The first-order valence-corrected chi connectivity index (χ1v) is 12.2. The largest absolute Gasteiger partial charge is 0.494 e. The Labute approximate surface area is 189 Å². The SMILES string of the molecule is CCCCOc1ccc(N2CCN(C3CCC(N(CC)CCN(C)C)CC3)C2=O)cc1. The van der Waals surface area contributed by atoms with Gasteiger partial charge in [0, 0.05) is 44.0 Å². The lowest BCUT2D eigenvalue weighted by atomic mass is 9.89.